The number of amides is 2. The van der Waals surface area contributed by atoms with Crippen molar-refractivity contribution in [2.24, 2.45) is 0 Å². The molecule has 1 aliphatic heterocycles. The van der Waals surface area contributed by atoms with Gasteiger partial charge in [-0.1, -0.05) is 44.2 Å². The summed E-state index contributed by atoms with van der Waals surface area (Å²) in [4.78, 5) is 30.1. The van der Waals surface area contributed by atoms with Gasteiger partial charge in [-0.15, -0.1) is 0 Å². The van der Waals surface area contributed by atoms with Gasteiger partial charge in [0.25, 0.3) is 5.91 Å². The number of pyridine rings is 1. The van der Waals surface area contributed by atoms with Crippen LogP contribution in [0.25, 0.3) is 6.08 Å². The third-order valence-electron chi connectivity index (χ3n) is 4.93. The molecule has 1 aliphatic carbocycles. The lowest BCUT2D eigenvalue weighted by Gasteiger charge is -2.15. The van der Waals surface area contributed by atoms with E-state index in [0.717, 1.165) is 62.6 Å². The Morgan fingerprint density at radius 2 is 1.96 bits per heavy atom. The van der Waals surface area contributed by atoms with Gasteiger partial charge in [0, 0.05) is 17.8 Å². The van der Waals surface area contributed by atoms with E-state index in [4.69, 9.17) is 16.3 Å². The second-order valence-corrected chi connectivity index (χ2v) is 7.29. The number of hydrogen-bond donors (Lipinski definition) is 0. The minimum Gasteiger partial charge on any atom is -0.404 e. The number of imide groups is 1. The maximum Gasteiger partial charge on any atom is 0.422 e. The van der Waals surface area contributed by atoms with Crippen molar-refractivity contribution in [3.63, 3.8) is 0 Å². The van der Waals surface area contributed by atoms with E-state index in [9.17, 15) is 9.59 Å². The predicted octanol–water partition coefficient (Wildman–Crippen LogP) is 4.90. The fraction of sp³-hybridized carbons (Fsp3) is 0.550. The molecule has 6 heteroatoms. The number of ether oxygens (including phenoxy) is 1. The fourth-order valence-corrected chi connectivity index (χ4v) is 3.65. The second-order valence-electron chi connectivity index (χ2n) is 6.93. The van der Waals surface area contributed by atoms with Crippen LogP contribution in [0.4, 0.5) is 4.79 Å². The molecule has 0 bridgehead atoms. The molecule has 0 radical (unpaired) electrons. The van der Waals surface area contributed by atoms with Crippen LogP contribution >= 0.6 is 11.6 Å². The molecule has 5 nitrogen and oxygen atoms in total. The quantitative estimate of drug-likeness (QED) is 0.385. The van der Waals surface area contributed by atoms with Crippen molar-refractivity contribution in [2.45, 2.75) is 64.7 Å². The van der Waals surface area contributed by atoms with Crippen LogP contribution in [0.1, 0.15) is 68.7 Å². The topological polar surface area (TPSA) is 59.5 Å². The average Bonchev–Trinajstić information content (AvgIpc) is 2.89. The Morgan fingerprint density at radius 1 is 1.19 bits per heavy atom. The third kappa shape index (κ3) is 4.26. The first-order valence-corrected chi connectivity index (χ1v) is 9.91. The highest BCUT2D eigenvalue weighted by molar-refractivity contribution is 6.31. The van der Waals surface area contributed by atoms with Crippen LogP contribution in [0, 0.1) is 0 Å². The largest absolute Gasteiger partial charge is 0.422 e. The van der Waals surface area contributed by atoms with Crippen LogP contribution in [0.15, 0.2) is 11.8 Å². The number of rotatable bonds is 7. The summed E-state index contributed by atoms with van der Waals surface area (Å²) in [6.45, 7) is 2.55. The smallest absolute Gasteiger partial charge is 0.404 e. The molecule has 1 saturated heterocycles. The molecular weight excluding hydrogens is 352 g/mol. The molecule has 0 unspecified atom stereocenters. The molecule has 140 valence electrons. The van der Waals surface area contributed by atoms with Crippen molar-refractivity contribution in [2.75, 3.05) is 6.54 Å². The van der Waals surface area contributed by atoms with E-state index in [-0.39, 0.29) is 11.7 Å². The Kier molecular flexibility index (Phi) is 6.30. The summed E-state index contributed by atoms with van der Waals surface area (Å²) >= 11 is 6.27. The summed E-state index contributed by atoms with van der Waals surface area (Å²) in [7, 11) is 0. The summed E-state index contributed by atoms with van der Waals surface area (Å²) in [5, 5.41) is 0.347. The SMILES string of the molecule is CCCCCCCN1C(=O)O/C(=C/c2cc3c(nc2Cl)CCCC3)C1=O. The molecule has 0 spiro atoms. The molecule has 1 aromatic rings. The van der Waals surface area contributed by atoms with E-state index >= 15 is 0 Å². The molecule has 2 amide bonds. The fourth-order valence-electron chi connectivity index (χ4n) is 3.43. The Bertz CT molecular complexity index is 730. The summed E-state index contributed by atoms with van der Waals surface area (Å²) in [5.41, 5.74) is 2.83. The molecule has 2 aliphatic rings. The molecule has 0 N–H and O–H groups in total. The summed E-state index contributed by atoms with van der Waals surface area (Å²) in [5.74, 6) is -0.359. The molecule has 2 heterocycles. The number of fused-ring (bicyclic) bond motifs is 1. The summed E-state index contributed by atoms with van der Waals surface area (Å²) in [6, 6.07) is 1.96. The van der Waals surface area contributed by atoms with Crippen LogP contribution in [-0.2, 0) is 22.4 Å². The van der Waals surface area contributed by atoms with E-state index in [1.54, 1.807) is 6.08 Å². The number of unbranched alkanes of at least 4 members (excludes halogenated alkanes) is 4. The summed E-state index contributed by atoms with van der Waals surface area (Å²) < 4.78 is 5.18. The van der Waals surface area contributed by atoms with Crippen LogP contribution in [-0.4, -0.2) is 28.4 Å². The lowest BCUT2D eigenvalue weighted by molar-refractivity contribution is -0.123. The zero-order valence-electron chi connectivity index (χ0n) is 15.2. The van der Waals surface area contributed by atoms with Crippen molar-refractivity contribution < 1.29 is 14.3 Å². The maximum atomic E-state index is 12.5. The summed E-state index contributed by atoms with van der Waals surface area (Å²) in [6.07, 6.45) is 10.4. The van der Waals surface area contributed by atoms with Gasteiger partial charge in [-0.3, -0.25) is 4.79 Å². The Balaban J connectivity index is 1.70. The molecular formula is C20H25ClN2O3. The van der Waals surface area contributed by atoms with Gasteiger partial charge in [0.05, 0.1) is 0 Å². The van der Waals surface area contributed by atoms with Gasteiger partial charge in [-0.05, 0) is 49.8 Å². The standard InChI is InChI=1S/C20H25ClN2O3/c1-2-3-4-5-8-11-23-19(24)17(26-20(23)25)13-15-12-14-9-6-7-10-16(14)22-18(15)21/h12-13H,2-11H2,1H3/b17-13+. The number of aromatic nitrogens is 1. The second kappa shape index (κ2) is 8.67. The molecule has 3 rings (SSSR count). The molecule has 1 aromatic heterocycles. The zero-order valence-corrected chi connectivity index (χ0v) is 16.0. The highest BCUT2D eigenvalue weighted by Crippen LogP contribution is 2.28. The molecule has 26 heavy (non-hydrogen) atoms. The molecule has 0 aromatic carbocycles. The minimum absolute atomic E-state index is 0.0306. The van der Waals surface area contributed by atoms with Crippen molar-refractivity contribution >= 4 is 29.7 Å². The van der Waals surface area contributed by atoms with Crippen molar-refractivity contribution in [3.05, 3.63) is 33.8 Å². The molecule has 0 saturated carbocycles. The van der Waals surface area contributed by atoms with Crippen LogP contribution in [0.5, 0.6) is 0 Å². The Hall–Kier alpha value is -1.88. The van der Waals surface area contributed by atoms with Crippen molar-refractivity contribution in [1.29, 1.82) is 0 Å². The zero-order chi connectivity index (χ0) is 18.5. The molecule has 1 fully saturated rings. The average molecular weight is 377 g/mol. The lowest BCUT2D eigenvalue weighted by Crippen LogP contribution is -2.29. The van der Waals surface area contributed by atoms with Crippen molar-refractivity contribution in [1.82, 2.24) is 9.88 Å². The van der Waals surface area contributed by atoms with Gasteiger partial charge < -0.3 is 4.74 Å². The van der Waals surface area contributed by atoms with Gasteiger partial charge in [0.1, 0.15) is 5.15 Å². The minimum atomic E-state index is -0.598. The van der Waals surface area contributed by atoms with E-state index in [1.165, 1.54) is 11.3 Å². The normalized spacial score (nSPS) is 18.4. The number of hydrogen-bond acceptors (Lipinski definition) is 4. The third-order valence-corrected chi connectivity index (χ3v) is 5.23. The number of carbonyl (C=O) groups excluding carboxylic acids is 2. The Morgan fingerprint density at radius 3 is 2.77 bits per heavy atom. The van der Waals surface area contributed by atoms with E-state index in [1.807, 2.05) is 6.07 Å². The maximum absolute atomic E-state index is 12.5. The van der Waals surface area contributed by atoms with E-state index < -0.39 is 6.09 Å². The van der Waals surface area contributed by atoms with Gasteiger partial charge >= 0.3 is 6.09 Å². The van der Waals surface area contributed by atoms with Gasteiger partial charge in [0.2, 0.25) is 0 Å². The van der Waals surface area contributed by atoms with Gasteiger partial charge in [0.15, 0.2) is 5.76 Å². The van der Waals surface area contributed by atoms with E-state index in [0.29, 0.717) is 17.3 Å². The highest BCUT2D eigenvalue weighted by atomic mass is 35.5. The lowest BCUT2D eigenvalue weighted by atomic mass is 9.95. The van der Waals surface area contributed by atoms with Crippen LogP contribution in [0.2, 0.25) is 5.15 Å². The van der Waals surface area contributed by atoms with E-state index in [2.05, 4.69) is 11.9 Å². The predicted molar refractivity (Wildman–Crippen MR) is 101 cm³/mol. The monoisotopic (exact) mass is 376 g/mol. The van der Waals surface area contributed by atoms with Gasteiger partial charge in [-0.2, -0.15) is 0 Å². The van der Waals surface area contributed by atoms with Gasteiger partial charge in [-0.25, -0.2) is 14.7 Å². The van der Waals surface area contributed by atoms with Crippen molar-refractivity contribution in [3.8, 4) is 0 Å². The number of cyclic esters (lactones) is 1. The number of nitrogens with zero attached hydrogens (tertiary/aromatic N) is 2. The first kappa shape index (κ1) is 18.9. The van der Waals surface area contributed by atoms with Crippen LogP contribution < -0.4 is 0 Å². The highest BCUT2D eigenvalue weighted by Gasteiger charge is 2.36. The number of halogens is 1. The first-order valence-electron chi connectivity index (χ1n) is 9.54. The molecule has 0 atom stereocenters. The first-order chi connectivity index (χ1) is 12.6. The van der Waals surface area contributed by atoms with Crippen LogP contribution in [0.3, 0.4) is 0 Å². The Labute approximate surface area is 159 Å². The number of aryl methyl sites for hydroxylation is 2. The number of carbonyl (C=O) groups is 2.